The van der Waals surface area contributed by atoms with E-state index >= 15 is 0 Å². The van der Waals surface area contributed by atoms with Gasteiger partial charge in [-0.2, -0.15) is 0 Å². The molecule has 0 aliphatic carbocycles. The molecule has 94 valence electrons. The van der Waals surface area contributed by atoms with Crippen molar-refractivity contribution in [1.29, 1.82) is 0 Å². The standard InChI is InChI=1S/C14H26O2/c1-3-5-8-12-16-14-10-7-6-9-13-15-11-4-2/h4,6-14H2,1-2H3. The van der Waals surface area contributed by atoms with E-state index in [2.05, 4.69) is 18.8 Å². The highest BCUT2D eigenvalue weighted by molar-refractivity contribution is 4.94. The maximum absolute atomic E-state index is 5.45. The lowest BCUT2D eigenvalue weighted by atomic mass is 10.2. The highest BCUT2D eigenvalue weighted by atomic mass is 16.5. The van der Waals surface area contributed by atoms with E-state index in [1.54, 1.807) is 0 Å². The molecule has 0 radical (unpaired) electrons. The van der Waals surface area contributed by atoms with Gasteiger partial charge < -0.3 is 9.47 Å². The molecule has 0 amide bonds. The summed E-state index contributed by atoms with van der Waals surface area (Å²) in [6.45, 7) is 7.48. The van der Waals surface area contributed by atoms with Crippen molar-refractivity contribution in [2.75, 3.05) is 26.4 Å². The number of hydrogen-bond donors (Lipinski definition) is 0. The van der Waals surface area contributed by atoms with Crippen LogP contribution in [0.25, 0.3) is 0 Å². The van der Waals surface area contributed by atoms with Crippen molar-refractivity contribution < 1.29 is 9.47 Å². The summed E-state index contributed by atoms with van der Waals surface area (Å²) in [5.74, 6) is 5.85. The summed E-state index contributed by atoms with van der Waals surface area (Å²) in [6, 6.07) is 0. The molecular formula is C14H26O2. The summed E-state index contributed by atoms with van der Waals surface area (Å²) >= 11 is 0. The quantitative estimate of drug-likeness (QED) is 0.397. The highest BCUT2D eigenvalue weighted by Crippen LogP contribution is 2.00. The summed E-state index contributed by atoms with van der Waals surface area (Å²) in [6.07, 6.45) is 6.82. The van der Waals surface area contributed by atoms with E-state index in [9.17, 15) is 0 Å². The largest absolute Gasteiger partial charge is 0.381 e. The van der Waals surface area contributed by atoms with Gasteiger partial charge in [0.15, 0.2) is 0 Å². The third-order valence-corrected chi connectivity index (χ3v) is 2.22. The molecule has 0 fully saturated rings. The van der Waals surface area contributed by atoms with Crippen molar-refractivity contribution in [3.8, 4) is 11.8 Å². The summed E-state index contributed by atoms with van der Waals surface area (Å²) in [5, 5.41) is 0. The second-order valence-electron chi connectivity index (χ2n) is 3.82. The minimum atomic E-state index is 0.778. The first-order chi connectivity index (χ1) is 7.91. The average Bonchev–Trinajstić information content (AvgIpc) is 2.31. The molecule has 0 aliphatic rings. The molecule has 0 rings (SSSR count). The van der Waals surface area contributed by atoms with Crippen LogP contribution < -0.4 is 0 Å². The minimum absolute atomic E-state index is 0.778. The summed E-state index contributed by atoms with van der Waals surface area (Å²) in [7, 11) is 0. The molecule has 0 unspecified atom stereocenters. The monoisotopic (exact) mass is 226 g/mol. The molecule has 0 aromatic heterocycles. The molecule has 0 saturated heterocycles. The lowest BCUT2D eigenvalue weighted by molar-refractivity contribution is 0.124. The Morgan fingerprint density at radius 2 is 1.44 bits per heavy atom. The molecular weight excluding hydrogens is 200 g/mol. The molecule has 0 aliphatic heterocycles. The third-order valence-electron chi connectivity index (χ3n) is 2.22. The first kappa shape index (κ1) is 15.5. The van der Waals surface area contributed by atoms with Gasteiger partial charge in [-0.25, -0.2) is 0 Å². The summed E-state index contributed by atoms with van der Waals surface area (Å²) in [4.78, 5) is 0. The van der Waals surface area contributed by atoms with Gasteiger partial charge in [0.05, 0.1) is 6.61 Å². The van der Waals surface area contributed by atoms with Crippen LogP contribution in [-0.4, -0.2) is 26.4 Å². The fraction of sp³-hybridized carbons (Fsp3) is 0.857. The third kappa shape index (κ3) is 13.5. The lowest BCUT2D eigenvalue weighted by Crippen LogP contribution is -1.98. The maximum atomic E-state index is 5.45. The van der Waals surface area contributed by atoms with Gasteiger partial charge in [-0.3, -0.25) is 0 Å². The Morgan fingerprint density at radius 1 is 0.812 bits per heavy atom. The molecule has 0 heterocycles. The van der Waals surface area contributed by atoms with Gasteiger partial charge in [0.25, 0.3) is 0 Å². The zero-order valence-electron chi connectivity index (χ0n) is 10.9. The second kappa shape index (κ2) is 14.5. The van der Waals surface area contributed by atoms with Crippen molar-refractivity contribution in [1.82, 2.24) is 0 Å². The van der Waals surface area contributed by atoms with E-state index in [1.807, 2.05) is 6.92 Å². The molecule has 0 spiro atoms. The van der Waals surface area contributed by atoms with Crippen LogP contribution in [0.2, 0.25) is 0 Å². The predicted octanol–water partition coefficient (Wildman–Crippen LogP) is 3.40. The topological polar surface area (TPSA) is 18.5 Å². The highest BCUT2D eigenvalue weighted by Gasteiger charge is 1.91. The molecule has 0 bridgehead atoms. The van der Waals surface area contributed by atoms with Crippen molar-refractivity contribution in [3.63, 3.8) is 0 Å². The molecule has 0 aromatic rings. The number of unbranched alkanes of at least 4 members (excludes halogenated alkanes) is 3. The normalized spacial score (nSPS) is 9.88. The van der Waals surface area contributed by atoms with E-state index < -0.39 is 0 Å². The molecule has 0 atom stereocenters. The van der Waals surface area contributed by atoms with Crippen LogP contribution in [0.5, 0.6) is 0 Å². The molecule has 16 heavy (non-hydrogen) atoms. The molecule has 0 aromatic carbocycles. The van der Waals surface area contributed by atoms with Gasteiger partial charge in [-0.05, 0) is 26.2 Å². The summed E-state index contributed by atoms with van der Waals surface area (Å²) in [5.41, 5.74) is 0. The SMILES string of the molecule is CC#CCCOCCCCCCOCCC. The number of hydrogen-bond acceptors (Lipinski definition) is 2. The Kier molecular flexibility index (Phi) is 14.0. The Bertz CT molecular complexity index is 179. The van der Waals surface area contributed by atoms with Gasteiger partial charge in [0.2, 0.25) is 0 Å². The van der Waals surface area contributed by atoms with Crippen LogP contribution in [0.3, 0.4) is 0 Å². The minimum Gasteiger partial charge on any atom is -0.381 e. The van der Waals surface area contributed by atoms with Crippen molar-refractivity contribution >= 4 is 0 Å². The molecule has 0 saturated carbocycles. The Hall–Kier alpha value is -0.520. The second-order valence-corrected chi connectivity index (χ2v) is 3.82. The molecule has 2 nitrogen and oxygen atoms in total. The fourth-order valence-electron chi connectivity index (χ4n) is 1.36. The van der Waals surface area contributed by atoms with E-state index in [-0.39, 0.29) is 0 Å². The number of rotatable bonds is 11. The van der Waals surface area contributed by atoms with E-state index in [1.165, 1.54) is 19.3 Å². The van der Waals surface area contributed by atoms with Crippen LogP contribution in [-0.2, 0) is 9.47 Å². The smallest absolute Gasteiger partial charge is 0.0575 e. The molecule has 0 N–H and O–H groups in total. The van der Waals surface area contributed by atoms with Gasteiger partial charge >= 0.3 is 0 Å². The van der Waals surface area contributed by atoms with Crippen molar-refractivity contribution in [2.24, 2.45) is 0 Å². The average molecular weight is 226 g/mol. The van der Waals surface area contributed by atoms with Gasteiger partial charge in [0, 0.05) is 26.2 Å². The Labute approximate surface area is 101 Å². The zero-order valence-corrected chi connectivity index (χ0v) is 10.9. The van der Waals surface area contributed by atoms with Crippen molar-refractivity contribution in [3.05, 3.63) is 0 Å². The van der Waals surface area contributed by atoms with Crippen LogP contribution in [0.4, 0.5) is 0 Å². The first-order valence-corrected chi connectivity index (χ1v) is 6.47. The fourth-order valence-corrected chi connectivity index (χ4v) is 1.36. The van der Waals surface area contributed by atoms with E-state index in [0.29, 0.717) is 0 Å². The van der Waals surface area contributed by atoms with Crippen LogP contribution >= 0.6 is 0 Å². The van der Waals surface area contributed by atoms with E-state index in [4.69, 9.17) is 9.47 Å². The zero-order chi connectivity index (χ0) is 11.9. The van der Waals surface area contributed by atoms with Crippen LogP contribution in [0.1, 0.15) is 52.4 Å². The molecule has 2 heteroatoms. The Balaban J connectivity index is 2.89. The van der Waals surface area contributed by atoms with Gasteiger partial charge in [-0.15, -0.1) is 11.8 Å². The predicted molar refractivity (Wildman–Crippen MR) is 68.5 cm³/mol. The first-order valence-electron chi connectivity index (χ1n) is 6.47. The number of ether oxygens (including phenoxy) is 2. The van der Waals surface area contributed by atoms with Crippen molar-refractivity contribution in [2.45, 2.75) is 52.4 Å². The van der Waals surface area contributed by atoms with E-state index in [0.717, 1.165) is 45.7 Å². The Morgan fingerprint density at radius 3 is 2.00 bits per heavy atom. The van der Waals surface area contributed by atoms with Crippen LogP contribution in [0, 0.1) is 11.8 Å². The summed E-state index contributed by atoms with van der Waals surface area (Å²) < 4.78 is 10.9. The maximum Gasteiger partial charge on any atom is 0.0575 e. The lowest BCUT2D eigenvalue weighted by Gasteiger charge is -2.03. The van der Waals surface area contributed by atoms with Gasteiger partial charge in [-0.1, -0.05) is 19.8 Å². The van der Waals surface area contributed by atoms with Crippen LogP contribution in [0.15, 0.2) is 0 Å². The van der Waals surface area contributed by atoms with Gasteiger partial charge in [0.1, 0.15) is 0 Å².